The van der Waals surface area contributed by atoms with Gasteiger partial charge in [-0.15, -0.1) is 22.7 Å². The molecule has 3 aromatic rings. The number of carbonyl (C=O) groups is 2. The Morgan fingerprint density at radius 3 is 3.00 bits per heavy atom. The van der Waals surface area contributed by atoms with E-state index >= 15 is 0 Å². The maximum atomic E-state index is 12.8. The number of H-pyrrole nitrogens is 1. The largest absolute Gasteiger partial charge is 0.480 e. The van der Waals surface area contributed by atoms with E-state index in [1.54, 1.807) is 16.7 Å². The summed E-state index contributed by atoms with van der Waals surface area (Å²) < 4.78 is 0. The minimum Gasteiger partial charge on any atom is -0.480 e. The lowest BCUT2D eigenvalue weighted by Gasteiger charge is -2.31. The highest BCUT2D eigenvalue weighted by molar-refractivity contribution is 7.20. The third-order valence-corrected chi connectivity index (χ3v) is 5.78. The second kappa shape index (κ2) is 5.84. The lowest BCUT2D eigenvalue weighted by atomic mass is 10.0. The Kier molecular flexibility index (Phi) is 3.66. The van der Waals surface area contributed by atoms with Crippen LogP contribution in [0.2, 0.25) is 0 Å². The molecule has 0 saturated carbocycles. The zero-order valence-electron chi connectivity index (χ0n) is 12.3. The molecule has 4 rings (SSSR count). The van der Waals surface area contributed by atoms with Gasteiger partial charge in [0.25, 0.3) is 5.91 Å². The number of carboxylic acids is 1. The molecule has 1 atom stereocenters. The van der Waals surface area contributed by atoms with Gasteiger partial charge in [-0.2, -0.15) is 0 Å². The van der Waals surface area contributed by atoms with Gasteiger partial charge in [-0.05, 0) is 11.4 Å². The lowest BCUT2D eigenvalue weighted by Crippen LogP contribution is -2.48. The van der Waals surface area contributed by atoms with E-state index in [9.17, 15) is 14.7 Å². The Morgan fingerprint density at radius 1 is 1.38 bits per heavy atom. The van der Waals surface area contributed by atoms with Crippen molar-refractivity contribution in [3.8, 4) is 9.88 Å². The Labute approximate surface area is 144 Å². The topological polar surface area (TPSA) is 99.2 Å². The second-order valence-electron chi connectivity index (χ2n) is 5.33. The molecule has 7 nitrogen and oxygen atoms in total. The van der Waals surface area contributed by atoms with Gasteiger partial charge in [0.2, 0.25) is 0 Å². The highest BCUT2D eigenvalue weighted by Crippen LogP contribution is 2.29. The highest BCUT2D eigenvalue weighted by Gasteiger charge is 2.37. The van der Waals surface area contributed by atoms with Crippen molar-refractivity contribution in [2.75, 3.05) is 0 Å². The van der Waals surface area contributed by atoms with E-state index in [-0.39, 0.29) is 24.6 Å². The van der Waals surface area contributed by atoms with Crippen LogP contribution in [0.1, 0.15) is 21.9 Å². The zero-order chi connectivity index (χ0) is 16.7. The van der Waals surface area contributed by atoms with E-state index in [4.69, 9.17) is 0 Å². The first-order valence-electron chi connectivity index (χ1n) is 7.18. The summed E-state index contributed by atoms with van der Waals surface area (Å²) in [5.41, 5.74) is 1.75. The molecule has 0 saturated heterocycles. The Bertz CT molecular complexity index is 900. The molecule has 2 N–H and O–H groups in total. The number of amides is 1. The van der Waals surface area contributed by atoms with E-state index in [0.29, 0.717) is 5.69 Å². The van der Waals surface area contributed by atoms with Crippen LogP contribution in [0.25, 0.3) is 9.88 Å². The molecule has 24 heavy (non-hydrogen) atoms. The zero-order valence-corrected chi connectivity index (χ0v) is 13.9. The van der Waals surface area contributed by atoms with Crippen molar-refractivity contribution in [3.63, 3.8) is 0 Å². The summed E-state index contributed by atoms with van der Waals surface area (Å²) in [5, 5.41) is 13.9. The van der Waals surface area contributed by atoms with Crippen LogP contribution < -0.4 is 0 Å². The number of hydrogen-bond donors (Lipinski definition) is 2. The molecule has 4 heterocycles. The smallest absolute Gasteiger partial charge is 0.326 e. The van der Waals surface area contributed by atoms with Crippen LogP contribution in [0.15, 0.2) is 29.2 Å². The van der Waals surface area contributed by atoms with Crippen LogP contribution >= 0.6 is 22.7 Å². The number of aromatic amines is 1. The summed E-state index contributed by atoms with van der Waals surface area (Å²) in [5.74, 6) is -1.41. The summed E-state index contributed by atoms with van der Waals surface area (Å²) in [6.45, 7) is 0.191. The van der Waals surface area contributed by atoms with Crippen molar-refractivity contribution < 1.29 is 14.7 Å². The summed E-state index contributed by atoms with van der Waals surface area (Å²) in [6.07, 6.45) is 1.72. The maximum absolute atomic E-state index is 12.8. The van der Waals surface area contributed by atoms with Gasteiger partial charge in [0.15, 0.2) is 0 Å². The molecule has 122 valence electrons. The van der Waals surface area contributed by atoms with Gasteiger partial charge < -0.3 is 15.0 Å². The molecule has 0 spiro atoms. The molecule has 0 radical (unpaired) electrons. The van der Waals surface area contributed by atoms with Crippen LogP contribution in [0.4, 0.5) is 0 Å². The number of carbonyl (C=O) groups excluding carboxylic acids is 1. The van der Waals surface area contributed by atoms with Crippen LogP contribution in [-0.2, 0) is 17.8 Å². The number of imidazole rings is 1. The predicted octanol–water partition coefficient (Wildman–Crippen LogP) is 2.25. The van der Waals surface area contributed by atoms with E-state index in [1.165, 1.54) is 22.6 Å². The average molecular weight is 360 g/mol. The molecular formula is C15H12N4O3S2. The first-order chi connectivity index (χ1) is 11.6. The molecule has 1 unspecified atom stereocenters. The quantitative estimate of drug-likeness (QED) is 0.746. The van der Waals surface area contributed by atoms with Crippen LogP contribution in [-0.4, -0.2) is 42.9 Å². The minimum atomic E-state index is -1.04. The normalized spacial score (nSPS) is 16.8. The number of aliphatic carboxylic acids is 1. The molecule has 1 aliphatic heterocycles. The molecule has 0 aromatic carbocycles. The molecule has 1 amide bonds. The molecule has 9 heteroatoms. The number of thiazole rings is 1. The average Bonchev–Trinajstić information content (AvgIpc) is 3.32. The minimum absolute atomic E-state index is 0.191. The fourth-order valence-electron chi connectivity index (χ4n) is 2.70. The molecule has 3 aromatic heterocycles. The van der Waals surface area contributed by atoms with Crippen molar-refractivity contribution in [1.82, 2.24) is 19.9 Å². The first-order valence-corrected chi connectivity index (χ1v) is 8.93. The van der Waals surface area contributed by atoms with Gasteiger partial charge in [-0.3, -0.25) is 4.79 Å². The van der Waals surface area contributed by atoms with Crippen molar-refractivity contribution in [3.05, 3.63) is 46.3 Å². The van der Waals surface area contributed by atoms with Crippen LogP contribution in [0, 0.1) is 0 Å². The van der Waals surface area contributed by atoms with Gasteiger partial charge in [-0.25, -0.2) is 14.8 Å². The summed E-state index contributed by atoms with van der Waals surface area (Å²) in [7, 11) is 0. The second-order valence-corrected chi connectivity index (χ2v) is 7.14. The third-order valence-electron chi connectivity index (χ3n) is 3.90. The van der Waals surface area contributed by atoms with E-state index in [2.05, 4.69) is 15.0 Å². The molecule has 1 aliphatic rings. The van der Waals surface area contributed by atoms with Crippen molar-refractivity contribution in [1.29, 1.82) is 0 Å². The van der Waals surface area contributed by atoms with Gasteiger partial charge in [-0.1, -0.05) is 6.07 Å². The fourth-order valence-corrected chi connectivity index (χ4v) is 4.31. The van der Waals surface area contributed by atoms with Crippen LogP contribution in [0.3, 0.4) is 0 Å². The number of thiophene rings is 1. The number of rotatable bonds is 3. The molecule has 0 aliphatic carbocycles. The van der Waals surface area contributed by atoms with Crippen molar-refractivity contribution in [2.24, 2.45) is 0 Å². The molecular weight excluding hydrogens is 348 g/mol. The van der Waals surface area contributed by atoms with Gasteiger partial charge in [0.05, 0.1) is 29.1 Å². The first kappa shape index (κ1) is 15.0. The third kappa shape index (κ3) is 2.51. The SMILES string of the molecule is O=C(O)C1Cc2nc[nH]c2CN1C(=O)c1csc(-c2cccs2)n1. The molecule has 0 fully saturated rings. The number of aromatic nitrogens is 3. The Balaban J connectivity index is 1.64. The van der Waals surface area contributed by atoms with Gasteiger partial charge in [0.1, 0.15) is 16.7 Å². The fraction of sp³-hybridized carbons (Fsp3) is 0.200. The number of fused-ring (bicyclic) bond motifs is 1. The van der Waals surface area contributed by atoms with Gasteiger partial charge >= 0.3 is 5.97 Å². The summed E-state index contributed by atoms with van der Waals surface area (Å²) >= 11 is 2.93. The Hall–Kier alpha value is -2.52. The van der Waals surface area contributed by atoms with E-state index < -0.39 is 12.0 Å². The van der Waals surface area contributed by atoms with Crippen molar-refractivity contribution >= 4 is 34.6 Å². The van der Waals surface area contributed by atoms with E-state index in [1.807, 2.05) is 17.5 Å². The molecule has 0 bridgehead atoms. The number of hydrogen-bond acceptors (Lipinski definition) is 6. The summed E-state index contributed by atoms with van der Waals surface area (Å²) in [4.78, 5) is 38.2. The summed E-state index contributed by atoms with van der Waals surface area (Å²) in [6, 6.07) is 2.93. The number of nitrogens with zero attached hydrogens (tertiary/aromatic N) is 3. The predicted molar refractivity (Wildman–Crippen MR) is 89.0 cm³/mol. The highest BCUT2D eigenvalue weighted by atomic mass is 32.1. The Morgan fingerprint density at radius 2 is 2.25 bits per heavy atom. The van der Waals surface area contributed by atoms with E-state index in [0.717, 1.165) is 15.6 Å². The monoisotopic (exact) mass is 360 g/mol. The van der Waals surface area contributed by atoms with Crippen LogP contribution in [0.5, 0.6) is 0 Å². The van der Waals surface area contributed by atoms with Crippen molar-refractivity contribution in [2.45, 2.75) is 19.0 Å². The number of nitrogens with one attached hydrogen (secondary N) is 1. The standard InChI is InChI=1S/C15H12N4O3S2/c20-14(10-6-24-13(18-10)12-2-1-3-23-12)19-5-9-8(16-7-17-9)4-11(19)15(21)22/h1-3,6-7,11H,4-5H2,(H,16,17)(H,21,22). The number of carboxylic acid groups (broad SMARTS) is 1. The maximum Gasteiger partial charge on any atom is 0.326 e. The van der Waals surface area contributed by atoms with Gasteiger partial charge in [0, 0.05) is 11.8 Å². The lowest BCUT2D eigenvalue weighted by molar-refractivity contribution is -0.142.